The Morgan fingerprint density at radius 3 is 2.74 bits per heavy atom. The molecule has 0 aliphatic heterocycles. The molecule has 0 unspecified atom stereocenters. The second-order valence-corrected chi connectivity index (χ2v) is 4.68. The van der Waals surface area contributed by atoms with E-state index in [1.54, 1.807) is 0 Å². The lowest BCUT2D eigenvalue weighted by Crippen LogP contribution is -2.31. The summed E-state index contributed by atoms with van der Waals surface area (Å²) >= 11 is 0. The van der Waals surface area contributed by atoms with E-state index in [4.69, 9.17) is 5.11 Å². The molecule has 0 spiro atoms. The Labute approximate surface area is 112 Å². The van der Waals surface area contributed by atoms with E-state index in [9.17, 15) is 5.11 Å². The zero-order valence-electron chi connectivity index (χ0n) is 11.0. The molecule has 1 heterocycles. The van der Waals surface area contributed by atoms with Crippen LogP contribution >= 0.6 is 0 Å². The maximum atomic E-state index is 9.37. The lowest BCUT2D eigenvalue weighted by Gasteiger charge is -2.18. The molecule has 5 nitrogen and oxygen atoms in total. The summed E-state index contributed by atoms with van der Waals surface area (Å²) in [6.45, 7) is 0.857. The number of likely N-dealkylation sites (N-methyl/N-ethyl adjacent to an activating group) is 1. The van der Waals surface area contributed by atoms with Crippen molar-refractivity contribution in [1.82, 2.24) is 15.1 Å². The van der Waals surface area contributed by atoms with Crippen molar-refractivity contribution in [1.29, 1.82) is 0 Å². The standard InChI is InChI=1S/C14H19N3O2/c1-17(9-13(19)10-18)8-12-7-14(16-15-12)11-5-3-2-4-6-11/h2-7,13,18-19H,8-10H2,1H3,(H,15,16)/t13-/m1/s1. The van der Waals surface area contributed by atoms with Crippen molar-refractivity contribution >= 4 is 0 Å². The predicted octanol–water partition coefficient (Wildman–Crippen LogP) is 0.862. The summed E-state index contributed by atoms with van der Waals surface area (Å²) in [5.74, 6) is 0. The third-order valence-corrected chi connectivity index (χ3v) is 2.87. The Hall–Kier alpha value is -1.69. The van der Waals surface area contributed by atoms with Gasteiger partial charge in [0.05, 0.1) is 18.4 Å². The summed E-state index contributed by atoms with van der Waals surface area (Å²) in [7, 11) is 1.89. The van der Waals surface area contributed by atoms with E-state index >= 15 is 0 Å². The summed E-state index contributed by atoms with van der Waals surface area (Å²) in [5, 5.41) is 25.4. The number of aromatic nitrogens is 2. The molecule has 2 aromatic rings. The molecule has 0 bridgehead atoms. The number of H-pyrrole nitrogens is 1. The Balaban J connectivity index is 1.98. The number of aliphatic hydroxyl groups excluding tert-OH is 2. The highest BCUT2D eigenvalue weighted by Gasteiger charge is 2.09. The summed E-state index contributed by atoms with van der Waals surface area (Å²) in [5.41, 5.74) is 2.96. The highest BCUT2D eigenvalue weighted by Crippen LogP contribution is 2.17. The molecular formula is C14H19N3O2. The van der Waals surface area contributed by atoms with E-state index in [-0.39, 0.29) is 6.61 Å². The van der Waals surface area contributed by atoms with Gasteiger partial charge in [0.1, 0.15) is 0 Å². The van der Waals surface area contributed by atoms with E-state index in [1.807, 2.05) is 48.3 Å². The summed E-state index contributed by atoms with van der Waals surface area (Å²) < 4.78 is 0. The second kappa shape index (κ2) is 6.47. The molecular weight excluding hydrogens is 242 g/mol. The van der Waals surface area contributed by atoms with Gasteiger partial charge in [0.25, 0.3) is 0 Å². The van der Waals surface area contributed by atoms with Crippen LogP contribution in [0.1, 0.15) is 5.69 Å². The van der Waals surface area contributed by atoms with Crippen molar-refractivity contribution in [2.24, 2.45) is 0 Å². The van der Waals surface area contributed by atoms with E-state index in [1.165, 1.54) is 0 Å². The van der Waals surface area contributed by atoms with Crippen LogP contribution in [0.25, 0.3) is 11.3 Å². The molecule has 3 N–H and O–H groups in total. The monoisotopic (exact) mass is 261 g/mol. The zero-order chi connectivity index (χ0) is 13.7. The molecule has 0 saturated heterocycles. The lowest BCUT2D eigenvalue weighted by molar-refractivity contribution is 0.0645. The molecule has 5 heteroatoms. The average molecular weight is 261 g/mol. The van der Waals surface area contributed by atoms with Crippen molar-refractivity contribution in [3.63, 3.8) is 0 Å². The number of rotatable bonds is 6. The van der Waals surface area contributed by atoms with Crippen LogP contribution < -0.4 is 0 Å². The normalized spacial score (nSPS) is 12.8. The quantitative estimate of drug-likeness (QED) is 0.721. The van der Waals surface area contributed by atoms with Crippen molar-refractivity contribution in [3.05, 3.63) is 42.1 Å². The number of aliphatic hydroxyl groups is 2. The highest BCUT2D eigenvalue weighted by atomic mass is 16.3. The van der Waals surface area contributed by atoms with Gasteiger partial charge in [-0.25, -0.2) is 0 Å². The van der Waals surface area contributed by atoms with Gasteiger partial charge >= 0.3 is 0 Å². The fourth-order valence-electron chi connectivity index (χ4n) is 1.97. The van der Waals surface area contributed by atoms with Gasteiger partial charge in [0, 0.05) is 24.3 Å². The molecule has 1 aromatic carbocycles. The van der Waals surface area contributed by atoms with Crippen LogP contribution in [0.2, 0.25) is 0 Å². The van der Waals surface area contributed by atoms with Crippen molar-refractivity contribution in [2.75, 3.05) is 20.2 Å². The van der Waals surface area contributed by atoms with E-state index in [2.05, 4.69) is 10.2 Å². The summed E-state index contributed by atoms with van der Waals surface area (Å²) in [4.78, 5) is 1.93. The third kappa shape index (κ3) is 3.89. The van der Waals surface area contributed by atoms with Crippen LogP contribution in [0, 0.1) is 0 Å². The van der Waals surface area contributed by atoms with Crippen LogP contribution in [0.15, 0.2) is 36.4 Å². The summed E-state index contributed by atoms with van der Waals surface area (Å²) in [6.07, 6.45) is -0.707. The number of nitrogens with one attached hydrogen (secondary N) is 1. The number of hydrogen-bond acceptors (Lipinski definition) is 4. The number of aromatic amines is 1. The maximum absolute atomic E-state index is 9.37. The van der Waals surface area contributed by atoms with Gasteiger partial charge < -0.3 is 10.2 Å². The van der Waals surface area contributed by atoms with Crippen LogP contribution in [0.5, 0.6) is 0 Å². The second-order valence-electron chi connectivity index (χ2n) is 4.68. The number of hydrogen-bond donors (Lipinski definition) is 3. The lowest BCUT2D eigenvalue weighted by atomic mass is 10.1. The van der Waals surface area contributed by atoms with Crippen LogP contribution in [-0.4, -0.2) is 51.6 Å². The minimum absolute atomic E-state index is 0.220. The molecule has 19 heavy (non-hydrogen) atoms. The van der Waals surface area contributed by atoms with E-state index in [0.717, 1.165) is 17.0 Å². The first kappa shape index (κ1) is 13.7. The SMILES string of the molecule is CN(Cc1cc(-c2ccccc2)n[nH]1)C[C@@H](O)CO. The molecule has 0 fully saturated rings. The molecule has 1 aromatic heterocycles. The smallest absolute Gasteiger partial charge is 0.0924 e. The topological polar surface area (TPSA) is 72.4 Å². The minimum atomic E-state index is -0.707. The molecule has 0 aliphatic carbocycles. The Morgan fingerprint density at radius 1 is 1.32 bits per heavy atom. The first-order chi connectivity index (χ1) is 9.19. The maximum Gasteiger partial charge on any atom is 0.0924 e. The largest absolute Gasteiger partial charge is 0.394 e. The molecule has 0 aliphatic rings. The first-order valence-corrected chi connectivity index (χ1v) is 6.26. The zero-order valence-corrected chi connectivity index (χ0v) is 11.0. The molecule has 2 rings (SSSR count). The van der Waals surface area contributed by atoms with Crippen molar-refractivity contribution < 1.29 is 10.2 Å². The summed E-state index contributed by atoms with van der Waals surface area (Å²) in [6, 6.07) is 12.0. The van der Waals surface area contributed by atoms with E-state index < -0.39 is 6.10 Å². The van der Waals surface area contributed by atoms with Crippen molar-refractivity contribution in [3.8, 4) is 11.3 Å². The van der Waals surface area contributed by atoms with Gasteiger partial charge in [-0.15, -0.1) is 0 Å². The molecule has 1 atom stereocenters. The molecule has 0 saturated carbocycles. The van der Waals surface area contributed by atoms with Crippen molar-refractivity contribution in [2.45, 2.75) is 12.6 Å². The van der Waals surface area contributed by atoms with Crippen LogP contribution in [0.3, 0.4) is 0 Å². The van der Waals surface area contributed by atoms with Gasteiger partial charge in [-0.3, -0.25) is 10.00 Å². The minimum Gasteiger partial charge on any atom is -0.394 e. The molecule has 102 valence electrons. The fourth-order valence-corrected chi connectivity index (χ4v) is 1.97. The predicted molar refractivity (Wildman–Crippen MR) is 73.5 cm³/mol. The highest BCUT2D eigenvalue weighted by molar-refractivity contribution is 5.58. The van der Waals surface area contributed by atoms with Gasteiger partial charge in [-0.2, -0.15) is 5.10 Å². The van der Waals surface area contributed by atoms with Gasteiger partial charge in [0.2, 0.25) is 0 Å². The Morgan fingerprint density at radius 2 is 2.05 bits per heavy atom. The Kier molecular flexibility index (Phi) is 4.68. The van der Waals surface area contributed by atoms with Gasteiger partial charge in [-0.05, 0) is 13.1 Å². The third-order valence-electron chi connectivity index (χ3n) is 2.87. The first-order valence-electron chi connectivity index (χ1n) is 6.26. The molecule has 0 amide bonds. The van der Waals surface area contributed by atoms with Crippen LogP contribution in [-0.2, 0) is 6.54 Å². The van der Waals surface area contributed by atoms with Gasteiger partial charge in [0.15, 0.2) is 0 Å². The average Bonchev–Trinajstić information content (AvgIpc) is 2.88. The van der Waals surface area contributed by atoms with E-state index in [0.29, 0.717) is 13.1 Å². The number of benzene rings is 1. The van der Waals surface area contributed by atoms with Crippen LogP contribution in [0.4, 0.5) is 0 Å². The molecule has 0 radical (unpaired) electrons. The van der Waals surface area contributed by atoms with Gasteiger partial charge in [-0.1, -0.05) is 30.3 Å². The number of nitrogens with zero attached hydrogens (tertiary/aromatic N) is 2. The fraction of sp³-hybridized carbons (Fsp3) is 0.357. The Bertz CT molecular complexity index is 498.